The fourth-order valence-corrected chi connectivity index (χ4v) is 2.85. The fraction of sp³-hybridized carbons (Fsp3) is 0.667. The van der Waals surface area contributed by atoms with Crippen molar-refractivity contribution in [2.24, 2.45) is 0 Å². The summed E-state index contributed by atoms with van der Waals surface area (Å²) < 4.78 is 0. The molecule has 0 radical (unpaired) electrons. The molecule has 1 nitrogen and oxygen atoms in total. The van der Waals surface area contributed by atoms with Crippen LogP contribution in [0.5, 0.6) is 0 Å². The van der Waals surface area contributed by atoms with Crippen LogP contribution in [0.25, 0.3) is 0 Å². The quantitative estimate of drug-likeness (QED) is 0.601. The van der Waals surface area contributed by atoms with Crippen LogP contribution in [0.15, 0.2) is 18.2 Å². The molecule has 20 heavy (non-hydrogen) atoms. The van der Waals surface area contributed by atoms with Crippen LogP contribution in [0.2, 0.25) is 0 Å². The van der Waals surface area contributed by atoms with E-state index in [0.717, 1.165) is 0 Å². The fourth-order valence-electron chi connectivity index (χ4n) is 2.85. The molecule has 0 saturated carbocycles. The number of hydrogen-bond donors (Lipinski definition) is 0. The Morgan fingerprint density at radius 1 is 0.800 bits per heavy atom. The van der Waals surface area contributed by atoms with E-state index < -0.39 is 0 Å². The minimum atomic E-state index is 0. The summed E-state index contributed by atoms with van der Waals surface area (Å²) in [6, 6.07) is 6.90. The zero-order valence-electron chi connectivity index (χ0n) is 13.3. The van der Waals surface area contributed by atoms with Gasteiger partial charge in [-0.15, -0.1) is 0 Å². The molecule has 0 N–H and O–H groups in total. The van der Waals surface area contributed by atoms with Crippen molar-refractivity contribution in [3.05, 3.63) is 29.3 Å². The van der Waals surface area contributed by atoms with E-state index in [9.17, 15) is 0 Å². The summed E-state index contributed by atoms with van der Waals surface area (Å²) in [6.07, 6.45) is 7.36. The zero-order chi connectivity index (χ0) is 14.1. The van der Waals surface area contributed by atoms with Crippen LogP contribution < -0.4 is 4.90 Å². The first-order valence-electron chi connectivity index (χ1n) is 8.14. The van der Waals surface area contributed by atoms with Gasteiger partial charge in [0.25, 0.3) is 0 Å². The maximum absolute atomic E-state index is 2.59. The van der Waals surface area contributed by atoms with E-state index in [4.69, 9.17) is 0 Å². The predicted octanol–water partition coefficient (Wildman–Crippen LogP) is 4.57. The molecule has 0 heterocycles. The van der Waals surface area contributed by atoms with Crippen LogP contribution in [0, 0.1) is 0 Å². The molecular weight excluding hydrogens is 253 g/mol. The van der Waals surface area contributed by atoms with Gasteiger partial charge in [0.05, 0.1) is 0 Å². The summed E-state index contributed by atoms with van der Waals surface area (Å²) in [7, 11) is 0. The van der Waals surface area contributed by atoms with E-state index in [0.29, 0.717) is 0 Å². The Bertz CT molecular complexity index is 356. The Labute approximate surface area is 148 Å². The minimum absolute atomic E-state index is 0. The molecule has 1 aromatic rings. The third-order valence-electron chi connectivity index (χ3n) is 3.60. The SMILES string of the molecule is CCCc1cccc(N(CCC)CCC)c1CCC.[NaH]. The average Bonchev–Trinajstić information content (AvgIpc) is 2.41. The topological polar surface area (TPSA) is 3.24 Å². The van der Waals surface area contributed by atoms with Gasteiger partial charge in [-0.3, -0.25) is 0 Å². The van der Waals surface area contributed by atoms with Crippen molar-refractivity contribution in [1.82, 2.24) is 0 Å². The summed E-state index contributed by atoms with van der Waals surface area (Å²) in [6.45, 7) is 11.5. The molecule has 0 bridgehead atoms. The third kappa shape index (κ3) is 5.79. The summed E-state index contributed by atoms with van der Waals surface area (Å²) >= 11 is 0. The van der Waals surface area contributed by atoms with Crippen LogP contribution in [0.3, 0.4) is 0 Å². The summed E-state index contributed by atoms with van der Waals surface area (Å²) in [5.74, 6) is 0. The van der Waals surface area contributed by atoms with E-state index in [1.54, 1.807) is 11.1 Å². The molecule has 0 spiro atoms. The molecule has 1 rings (SSSR count). The Balaban J connectivity index is 0.00000361. The normalized spacial score (nSPS) is 10.2. The van der Waals surface area contributed by atoms with Gasteiger partial charge in [-0.05, 0) is 42.9 Å². The molecule has 2 heteroatoms. The molecule has 110 valence electrons. The number of rotatable bonds is 9. The number of aryl methyl sites for hydroxylation is 1. The molecule has 0 aliphatic heterocycles. The number of nitrogens with zero attached hydrogens (tertiary/aromatic N) is 1. The second-order valence-corrected chi connectivity index (χ2v) is 5.40. The maximum atomic E-state index is 2.59. The molecule has 0 unspecified atom stereocenters. The number of hydrogen-bond acceptors (Lipinski definition) is 1. The van der Waals surface area contributed by atoms with Crippen molar-refractivity contribution in [2.75, 3.05) is 18.0 Å². The summed E-state index contributed by atoms with van der Waals surface area (Å²) in [5.41, 5.74) is 4.67. The molecule has 0 aliphatic carbocycles. The first-order valence-corrected chi connectivity index (χ1v) is 8.14. The second kappa shape index (κ2) is 11.7. The molecule has 0 saturated heterocycles. The van der Waals surface area contributed by atoms with Gasteiger partial charge in [-0.25, -0.2) is 0 Å². The van der Waals surface area contributed by atoms with Gasteiger partial charge in [0.1, 0.15) is 0 Å². The second-order valence-electron chi connectivity index (χ2n) is 5.40. The van der Waals surface area contributed by atoms with Crippen molar-refractivity contribution >= 4 is 35.2 Å². The Morgan fingerprint density at radius 2 is 1.40 bits per heavy atom. The van der Waals surface area contributed by atoms with Crippen LogP contribution >= 0.6 is 0 Å². The van der Waals surface area contributed by atoms with E-state index in [2.05, 4.69) is 50.8 Å². The first-order chi connectivity index (χ1) is 9.28. The monoisotopic (exact) mass is 285 g/mol. The Morgan fingerprint density at radius 3 is 1.90 bits per heavy atom. The Hall–Kier alpha value is 0.0200. The standard InChI is InChI=1S/C18H31N.Na.H/c1-5-10-16-12-9-13-18(17(16)11-6-2)19(14-7-3)15-8-4;;/h9,12-13H,5-8,10-11,14-15H2,1-4H3;;. The van der Waals surface area contributed by atoms with Crippen molar-refractivity contribution in [3.63, 3.8) is 0 Å². The van der Waals surface area contributed by atoms with Crippen molar-refractivity contribution in [2.45, 2.75) is 66.2 Å². The number of anilines is 1. The van der Waals surface area contributed by atoms with Crippen molar-refractivity contribution in [1.29, 1.82) is 0 Å². The van der Waals surface area contributed by atoms with Gasteiger partial charge >= 0.3 is 29.6 Å². The molecule has 0 atom stereocenters. The molecule has 0 amide bonds. The van der Waals surface area contributed by atoms with Gasteiger partial charge in [0.2, 0.25) is 0 Å². The summed E-state index contributed by atoms with van der Waals surface area (Å²) in [4.78, 5) is 2.59. The van der Waals surface area contributed by atoms with Gasteiger partial charge in [0, 0.05) is 18.8 Å². The molecule has 1 aromatic carbocycles. The van der Waals surface area contributed by atoms with Crippen molar-refractivity contribution < 1.29 is 0 Å². The molecule has 0 fully saturated rings. The van der Waals surface area contributed by atoms with Gasteiger partial charge in [-0.2, -0.15) is 0 Å². The zero-order valence-corrected chi connectivity index (χ0v) is 13.3. The van der Waals surface area contributed by atoms with Crippen molar-refractivity contribution in [3.8, 4) is 0 Å². The number of benzene rings is 1. The van der Waals surface area contributed by atoms with E-state index in [1.165, 1.54) is 57.3 Å². The van der Waals surface area contributed by atoms with Crippen LogP contribution in [-0.4, -0.2) is 42.6 Å². The van der Waals surface area contributed by atoms with Gasteiger partial charge in [-0.1, -0.05) is 52.7 Å². The molecule has 0 aliphatic rings. The van der Waals surface area contributed by atoms with Crippen LogP contribution in [0.1, 0.15) is 64.5 Å². The van der Waals surface area contributed by atoms with Crippen LogP contribution in [0.4, 0.5) is 5.69 Å². The van der Waals surface area contributed by atoms with E-state index in [-0.39, 0.29) is 29.6 Å². The first kappa shape index (κ1) is 20.0. The molecule has 0 aromatic heterocycles. The van der Waals surface area contributed by atoms with Gasteiger partial charge < -0.3 is 4.90 Å². The van der Waals surface area contributed by atoms with Crippen LogP contribution in [-0.2, 0) is 12.8 Å². The molecular formula is C18H32NNa. The average molecular weight is 285 g/mol. The third-order valence-corrected chi connectivity index (χ3v) is 3.60. The van der Waals surface area contributed by atoms with E-state index >= 15 is 0 Å². The van der Waals surface area contributed by atoms with Gasteiger partial charge in [0.15, 0.2) is 0 Å². The summed E-state index contributed by atoms with van der Waals surface area (Å²) in [5, 5.41) is 0. The van der Waals surface area contributed by atoms with E-state index in [1.807, 2.05) is 0 Å². The Kier molecular flexibility index (Phi) is 11.7. The predicted molar refractivity (Wildman–Crippen MR) is 94.4 cm³/mol.